The number of hydrogen-bond donors (Lipinski definition) is 2. The Balaban J connectivity index is 1.63. The van der Waals surface area contributed by atoms with Gasteiger partial charge in [-0.3, -0.25) is 9.59 Å². The predicted octanol–water partition coefficient (Wildman–Crippen LogP) is 4.44. The third kappa shape index (κ3) is 4.99. The quantitative estimate of drug-likeness (QED) is 0.651. The highest BCUT2D eigenvalue weighted by atomic mass is 35.5. The maximum absolute atomic E-state index is 12.4. The van der Waals surface area contributed by atoms with Gasteiger partial charge in [0.1, 0.15) is 6.04 Å². The van der Waals surface area contributed by atoms with Gasteiger partial charge in [0.15, 0.2) is 0 Å². The van der Waals surface area contributed by atoms with Gasteiger partial charge >= 0.3 is 0 Å². The summed E-state index contributed by atoms with van der Waals surface area (Å²) in [6, 6.07) is 23.6. The van der Waals surface area contributed by atoms with Gasteiger partial charge in [-0.2, -0.15) is 0 Å². The summed E-state index contributed by atoms with van der Waals surface area (Å²) in [6.07, 6.45) is 0. The van der Waals surface area contributed by atoms with E-state index in [-0.39, 0.29) is 11.8 Å². The number of carbonyl (C=O) groups is 2. The molecule has 1 unspecified atom stereocenters. The molecule has 3 aromatic rings. The summed E-state index contributed by atoms with van der Waals surface area (Å²) in [6.45, 7) is 2.03. The molecule has 1 atom stereocenters. The lowest BCUT2D eigenvalue weighted by Crippen LogP contribution is -2.44. The van der Waals surface area contributed by atoms with E-state index >= 15 is 0 Å². The molecule has 4 nitrogen and oxygen atoms in total. The highest BCUT2D eigenvalue weighted by Gasteiger charge is 2.16. The molecule has 0 aliphatic rings. The molecule has 0 fully saturated rings. The largest absolute Gasteiger partial charge is 0.350 e. The van der Waals surface area contributed by atoms with Gasteiger partial charge in [0.05, 0.1) is 0 Å². The van der Waals surface area contributed by atoms with E-state index in [1.165, 1.54) is 0 Å². The monoisotopic (exact) mass is 392 g/mol. The van der Waals surface area contributed by atoms with Crippen molar-refractivity contribution in [3.05, 3.63) is 95.0 Å². The number of halogens is 1. The fraction of sp³-hybridized carbons (Fsp3) is 0.130. The molecule has 2 amide bonds. The maximum Gasteiger partial charge on any atom is 0.251 e. The second-order valence-electron chi connectivity index (χ2n) is 6.44. The van der Waals surface area contributed by atoms with Crippen molar-refractivity contribution in [3.63, 3.8) is 0 Å². The minimum absolute atomic E-state index is 0.241. The van der Waals surface area contributed by atoms with E-state index in [1.54, 1.807) is 31.2 Å². The van der Waals surface area contributed by atoms with Crippen molar-refractivity contribution >= 4 is 23.4 Å². The molecule has 0 heterocycles. The molecular weight excluding hydrogens is 372 g/mol. The first-order chi connectivity index (χ1) is 13.5. The van der Waals surface area contributed by atoms with Crippen LogP contribution in [0.25, 0.3) is 11.1 Å². The van der Waals surface area contributed by atoms with Crippen molar-refractivity contribution in [2.45, 2.75) is 19.5 Å². The second-order valence-corrected chi connectivity index (χ2v) is 6.88. The lowest BCUT2D eigenvalue weighted by atomic mass is 9.99. The summed E-state index contributed by atoms with van der Waals surface area (Å²) in [5.74, 6) is -0.514. The van der Waals surface area contributed by atoms with Crippen molar-refractivity contribution in [2.24, 2.45) is 0 Å². The molecule has 0 spiro atoms. The normalized spacial score (nSPS) is 11.5. The minimum Gasteiger partial charge on any atom is -0.350 e. The Bertz CT molecular complexity index is 956. The van der Waals surface area contributed by atoms with Crippen LogP contribution < -0.4 is 10.6 Å². The molecule has 0 radical (unpaired) electrons. The summed E-state index contributed by atoms with van der Waals surface area (Å²) in [5, 5.41) is 6.29. The van der Waals surface area contributed by atoms with Crippen molar-refractivity contribution in [3.8, 4) is 11.1 Å². The molecule has 0 bridgehead atoms. The van der Waals surface area contributed by atoms with E-state index in [1.807, 2.05) is 54.6 Å². The number of nitrogens with one attached hydrogen (secondary N) is 2. The van der Waals surface area contributed by atoms with Crippen molar-refractivity contribution < 1.29 is 9.59 Å². The first kappa shape index (κ1) is 19.6. The summed E-state index contributed by atoms with van der Waals surface area (Å²) < 4.78 is 0. The highest BCUT2D eigenvalue weighted by Crippen LogP contribution is 2.25. The zero-order valence-corrected chi connectivity index (χ0v) is 16.2. The van der Waals surface area contributed by atoms with Crippen molar-refractivity contribution in [1.29, 1.82) is 0 Å². The van der Waals surface area contributed by atoms with Crippen LogP contribution in [0, 0.1) is 0 Å². The molecular formula is C23H21ClN2O2. The third-order valence-corrected chi connectivity index (χ3v) is 4.65. The molecule has 3 aromatic carbocycles. The molecule has 142 valence electrons. The lowest BCUT2D eigenvalue weighted by molar-refractivity contribution is -0.122. The maximum atomic E-state index is 12.4. The van der Waals surface area contributed by atoms with E-state index in [4.69, 9.17) is 11.6 Å². The van der Waals surface area contributed by atoms with E-state index in [2.05, 4.69) is 10.6 Å². The summed E-state index contributed by atoms with van der Waals surface area (Å²) in [5.41, 5.74) is 3.56. The number of rotatable bonds is 6. The summed E-state index contributed by atoms with van der Waals surface area (Å²) in [7, 11) is 0. The minimum atomic E-state index is -0.643. The fourth-order valence-electron chi connectivity index (χ4n) is 2.86. The predicted molar refractivity (Wildman–Crippen MR) is 112 cm³/mol. The average Bonchev–Trinajstić information content (AvgIpc) is 2.73. The summed E-state index contributed by atoms with van der Waals surface area (Å²) >= 11 is 5.97. The Morgan fingerprint density at radius 2 is 1.54 bits per heavy atom. The Hall–Kier alpha value is -3.11. The van der Waals surface area contributed by atoms with E-state index in [9.17, 15) is 9.59 Å². The number of hydrogen-bond acceptors (Lipinski definition) is 2. The average molecular weight is 393 g/mol. The first-order valence-corrected chi connectivity index (χ1v) is 9.40. The van der Waals surface area contributed by atoms with Crippen LogP contribution in [0.15, 0.2) is 78.9 Å². The van der Waals surface area contributed by atoms with Gasteiger partial charge < -0.3 is 10.6 Å². The molecule has 0 aliphatic heterocycles. The smallest absolute Gasteiger partial charge is 0.251 e. The standard InChI is InChI=1S/C23H21ClN2O2/c1-16(26-23(28)18-7-3-2-4-8-18)22(27)25-15-19-9-5-6-10-21(19)17-11-13-20(24)14-12-17/h2-14,16H,15H2,1H3,(H,25,27)(H,26,28). The second kappa shape index (κ2) is 9.20. The van der Waals surface area contributed by atoms with Gasteiger partial charge in [-0.15, -0.1) is 0 Å². The van der Waals surface area contributed by atoms with Crippen LogP contribution in [-0.4, -0.2) is 17.9 Å². The Morgan fingerprint density at radius 1 is 0.893 bits per heavy atom. The van der Waals surface area contributed by atoms with Crippen LogP contribution in [0.4, 0.5) is 0 Å². The molecule has 3 rings (SSSR count). The molecule has 0 aromatic heterocycles. The Morgan fingerprint density at radius 3 is 2.25 bits per heavy atom. The topological polar surface area (TPSA) is 58.2 Å². The molecule has 5 heteroatoms. The third-order valence-electron chi connectivity index (χ3n) is 4.40. The van der Waals surface area contributed by atoms with Crippen LogP contribution in [-0.2, 0) is 11.3 Å². The highest BCUT2D eigenvalue weighted by molar-refractivity contribution is 6.30. The molecule has 2 N–H and O–H groups in total. The van der Waals surface area contributed by atoms with Crippen LogP contribution in [0.5, 0.6) is 0 Å². The van der Waals surface area contributed by atoms with E-state index in [0.717, 1.165) is 16.7 Å². The van der Waals surface area contributed by atoms with Gasteiger partial charge in [-0.1, -0.05) is 66.2 Å². The van der Waals surface area contributed by atoms with E-state index in [0.29, 0.717) is 17.1 Å². The first-order valence-electron chi connectivity index (χ1n) is 9.02. The van der Waals surface area contributed by atoms with E-state index < -0.39 is 6.04 Å². The molecule has 0 aliphatic carbocycles. The van der Waals surface area contributed by atoms with Gasteiger partial charge in [0, 0.05) is 17.1 Å². The number of benzene rings is 3. The molecule has 0 saturated heterocycles. The number of amides is 2. The van der Waals surface area contributed by atoms with Crippen LogP contribution in [0.2, 0.25) is 5.02 Å². The van der Waals surface area contributed by atoms with Crippen LogP contribution in [0.1, 0.15) is 22.8 Å². The van der Waals surface area contributed by atoms with Gasteiger partial charge in [0.25, 0.3) is 5.91 Å². The van der Waals surface area contributed by atoms with Gasteiger partial charge in [-0.25, -0.2) is 0 Å². The Kier molecular flexibility index (Phi) is 6.45. The van der Waals surface area contributed by atoms with Crippen molar-refractivity contribution in [1.82, 2.24) is 10.6 Å². The van der Waals surface area contributed by atoms with Gasteiger partial charge in [0.2, 0.25) is 5.91 Å². The van der Waals surface area contributed by atoms with Crippen LogP contribution in [0.3, 0.4) is 0 Å². The number of carbonyl (C=O) groups excluding carboxylic acids is 2. The lowest BCUT2D eigenvalue weighted by Gasteiger charge is -2.16. The zero-order chi connectivity index (χ0) is 19.9. The SMILES string of the molecule is CC(NC(=O)c1ccccc1)C(=O)NCc1ccccc1-c1ccc(Cl)cc1. The van der Waals surface area contributed by atoms with Gasteiger partial charge in [-0.05, 0) is 47.9 Å². The van der Waals surface area contributed by atoms with Crippen LogP contribution >= 0.6 is 11.6 Å². The zero-order valence-electron chi connectivity index (χ0n) is 15.5. The molecule has 28 heavy (non-hydrogen) atoms. The Labute approximate surface area is 169 Å². The van der Waals surface area contributed by atoms with Crippen molar-refractivity contribution in [2.75, 3.05) is 0 Å². The molecule has 0 saturated carbocycles. The fourth-order valence-corrected chi connectivity index (χ4v) is 2.98. The summed E-state index contributed by atoms with van der Waals surface area (Å²) in [4.78, 5) is 24.6.